The summed E-state index contributed by atoms with van der Waals surface area (Å²) in [4.78, 5) is 28.9. The van der Waals surface area contributed by atoms with Gasteiger partial charge in [0.05, 0.1) is 10.3 Å². The SMILES string of the molecule is O=C(NCC1(c2ccccc2)CCCC1)c1cc2c(=O)[nH]c3ccccc3c2s1. The van der Waals surface area contributed by atoms with Gasteiger partial charge in [-0.3, -0.25) is 9.59 Å². The van der Waals surface area contributed by atoms with Gasteiger partial charge in [0, 0.05) is 27.6 Å². The zero-order valence-corrected chi connectivity index (χ0v) is 16.9. The van der Waals surface area contributed by atoms with Crippen molar-refractivity contribution >= 4 is 38.2 Å². The van der Waals surface area contributed by atoms with Crippen LogP contribution in [0.5, 0.6) is 0 Å². The molecular weight excluding hydrogens is 380 g/mol. The average Bonchev–Trinajstić information content (AvgIpc) is 3.42. The fraction of sp³-hybridized carbons (Fsp3) is 0.250. The largest absolute Gasteiger partial charge is 0.350 e. The van der Waals surface area contributed by atoms with Crippen molar-refractivity contribution in [1.29, 1.82) is 0 Å². The summed E-state index contributed by atoms with van der Waals surface area (Å²) in [7, 11) is 0. The van der Waals surface area contributed by atoms with Gasteiger partial charge in [-0.25, -0.2) is 0 Å². The highest BCUT2D eigenvalue weighted by molar-refractivity contribution is 7.21. The zero-order valence-electron chi connectivity index (χ0n) is 16.0. The second kappa shape index (κ2) is 7.16. The fourth-order valence-electron chi connectivity index (χ4n) is 4.60. The Morgan fingerprint density at radius 3 is 2.52 bits per heavy atom. The lowest BCUT2D eigenvalue weighted by molar-refractivity contribution is 0.0947. The molecule has 29 heavy (non-hydrogen) atoms. The molecule has 146 valence electrons. The van der Waals surface area contributed by atoms with E-state index in [1.165, 1.54) is 29.7 Å². The van der Waals surface area contributed by atoms with Crippen LogP contribution in [0.4, 0.5) is 0 Å². The Morgan fingerprint density at radius 1 is 1.00 bits per heavy atom. The number of aromatic nitrogens is 1. The maximum atomic E-state index is 13.0. The molecule has 0 unspecified atom stereocenters. The van der Waals surface area contributed by atoms with Gasteiger partial charge in [-0.2, -0.15) is 0 Å². The van der Waals surface area contributed by atoms with Crippen LogP contribution in [0.1, 0.15) is 40.9 Å². The number of benzene rings is 2. The summed E-state index contributed by atoms with van der Waals surface area (Å²) in [6.07, 6.45) is 4.56. The molecule has 5 rings (SSSR count). The summed E-state index contributed by atoms with van der Waals surface area (Å²) in [5.74, 6) is -0.100. The third-order valence-corrected chi connectivity index (χ3v) is 7.32. The van der Waals surface area contributed by atoms with Gasteiger partial charge in [-0.05, 0) is 30.5 Å². The van der Waals surface area contributed by atoms with Crippen molar-refractivity contribution in [2.24, 2.45) is 0 Å². The predicted octanol–water partition coefficient (Wildman–Crippen LogP) is 4.98. The lowest BCUT2D eigenvalue weighted by Gasteiger charge is -2.30. The highest BCUT2D eigenvalue weighted by atomic mass is 32.1. The third kappa shape index (κ3) is 3.15. The number of hydrogen-bond acceptors (Lipinski definition) is 3. The Bertz CT molecular complexity index is 1250. The van der Waals surface area contributed by atoms with Gasteiger partial charge < -0.3 is 10.3 Å². The molecular formula is C24H22N2O2S. The number of thiophene rings is 1. The molecule has 0 spiro atoms. The standard InChI is InChI=1S/C24H22N2O2S/c27-22-18-14-20(29-21(18)17-10-4-5-11-19(17)26-22)23(28)25-15-24(12-6-7-13-24)16-8-2-1-3-9-16/h1-5,8-11,14H,6-7,12-13,15H2,(H,25,28)(H,26,27). The molecule has 5 heteroatoms. The van der Waals surface area contributed by atoms with Crippen LogP contribution in [0.25, 0.3) is 21.0 Å². The number of carbonyl (C=O) groups is 1. The summed E-state index contributed by atoms with van der Waals surface area (Å²) in [5.41, 5.74) is 1.97. The number of fused-ring (bicyclic) bond motifs is 3. The van der Waals surface area contributed by atoms with Gasteiger partial charge >= 0.3 is 0 Å². The first-order valence-corrected chi connectivity index (χ1v) is 10.9. The first-order valence-electron chi connectivity index (χ1n) is 10.0. The summed E-state index contributed by atoms with van der Waals surface area (Å²) in [5, 5.41) is 4.72. The second-order valence-electron chi connectivity index (χ2n) is 7.89. The molecule has 2 N–H and O–H groups in total. The van der Waals surface area contributed by atoms with E-state index >= 15 is 0 Å². The van der Waals surface area contributed by atoms with E-state index in [1.807, 2.05) is 30.3 Å². The maximum Gasteiger partial charge on any atom is 0.261 e. The molecule has 0 aliphatic heterocycles. The highest BCUT2D eigenvalue weighted by Gasteiger charge is 2.35. The molecule has 1 amide bonds. The van der Waals surface area contributed by atoms with Crippen LogP contribution >= 0.6 is 11.3 Å². The smallest absolute Gasteiger partial charge is 0.261 e. The minimum atomic E-state index is -0.148. The molecule has 1 aliphatic carbocycles. The Kier molecular flexibility index (Phi) is 4.47. The lowest BCUT2D eigenvalue weighted by atomic mass is 9.79. The number of amides is 1. The Hall–Kier alpha value is -2.92. The summed E-state index contributed by atoms with van der Waals surface area (Å²) in [6.45, 7) is 0.626. The van der Waals surface area contributed by atoms with Gasteiger partial charge in [0.25, 0.3) is 11.5 Å². The van der Waals surface area contributed by atoms with Gasteiger partial charge in [-0.1, -0.05) is 61.4 Å². The number of hydrogen-bond donors (Lipinski definition) is 2. The molecule has 0 radical (unpaired) electrons. The average molecular weight is 403 g/mol. The second-order valence-corrected chi connectivity index (χ2v) is 8.94. The molecule has 0 bridgehead atoms. The maximum absolute atomic E-state index is 13.0. The summed E-state index contributed by atoms with van der Waals surface area (Å²) < 4.78 is 0.869. The molecule has 1 fully saturated rings. The van der Waals surface area contributed by atoms with Crippen LogP contribution in [0.3, 0.4) is 0 Å². The van der Waals surface area contributed by atoms with E-state index in [0.29, 0.717) is 16.8 Å². The van der Waals surface area contributed by atoms with Crippen molar-refractivity contribution < 1.29 is 4.79 Å². The predicted molar refractivity (Wildman–Crippen MR) is 119 cm³/mol. The number of H-pyrrole nitrogens is 1. The van der Waals surface area contributed by atoms with Crippen molar-refractivity contribution in [2.75, 3.05) is 6.54 Å². The van der Waals surface area contributed by atoms with E-state index in [9.17, 15) is 9.59 Å². The quantitative estimate of drug-likeness (QED) is 0.505. The molecule has 2 aromatic heterocycles. The minimum absolute atomic E-state index is 0.0117. The monoisotopic (exact) mass is 402 g/mol. The Labute approximate surface area is 172 Å². The third-order valence-electron chi connectivity index (χ3n) is 6.15. The van der Waals surface area contributed by atoms with Gasteiger partial charge in [0.15, 0.2) is 0 Å². The highest BCUT2D eigenvalue weighted by Crippen LogP contribution is 2.40. The summed E-state index contributed by atoms with van der Waals surface area (Å²) >= 11 is 1.39. The van der Waals surface area contributed by atoms with E-state index in [2.05, 4.69) is 34.6 Å². The molecule has 4 aromatic rings. The van der Waals surface area contributed by atoms with E-state index in [-0.39, 0.29) is 16.9 Å². The normalized spacial score (nSPS) is 15.7. The molecule has 4 nitrogen and oxygen atoms in total. The van der Waals surface area contributed by atoms with Crippen molar-refractivity contribution in [3.63, 3.8) is 0 Å². The summed E-state index contributed by atoms with van der Waals surface area (Å²) in [6, 6.07) is 20.0. The topological polar surface area (TPSA) is 62.0 Å². The van der Waals surface area contributed by atoms with E-state index < -0.39 is 0 Å². The molecule has 1 aliphatic rings. The Balaban J connectivity index is 1.45. The van der Waals surface area contributed by atoms with E-state index in [1.54, 1.807) is 6.07 Å². The number of pyridine rings is 1. The Morgan fingerprint density at radius 2 is 1.72 bits per heavy atom. The van der Waals surface area contributed by atoms with E-state index in [4.69, 9.17) is 0 Å². The molecule has 0 atom stereocenters. The number of nitrogens with one attached hydrogen (secondary N) is 2. The van der Waals surface area contributed by atoms with Crippen molar-refractivity contribution in [1.82, 2.24) is 10.3 Å². The first kappa shape index (κ1) is 18.1. The van der Waals surface area contributed by atoms with Crippen LogP contribution in [0, 0.1) is 0 Å². The van der Waals surface area contributed by atoms with Gasteiger partial charge in [-0.15, -0.1) is 11.3 Å². The van der Waals surface area contributed by atoms with Gasteiger partial charge in [0.2, 0.25) is 0 Å². The van der Waals surface area contributed by atoms with Crippen LogP contribution in [-0.2, 0) is 5.41 Å². The molecule has 2 aromatic carbocycles. The van der Waals surface area contributed by atoms with Crippen molar-refractivity contribution in [3.05, 3.63) is 81.5 Å². The number of para-hydroxylation sites is 1. The minimum Gasteiger partial charge on any atom is -0.350 e. The number of carbonyl (C=O) groups excluding carboxylic acids is 1. The zero-order chi connectivity index (χ0) is 19.8. The molecule has 1 saturated carbocycles. The van der Waals surface area contributed by atoms with Crippen LogP contribution < -0.4 is 10.9 Å². The van der Waals surface area contributed by atoms with Crippen LogP contribution in [0.2, 0.25) is 0 Å². The molecule has 0 saturated heterocycles. The number of aromatic amines is 1. The first-order chi connectivity index (χ1) is 14.2. The van der Waals surface area contributed by atoms with Crippen molar-refractivity contribution in [2.45, 2.75) is 31.1 Å². The van der Waals surface area contributed by atoms with E-state index in [0.717, 1.165) is 28.4 Å². The molecule has 2 heterocycles. The van der Waals surface area contributed by atoms with Crippen LogP contribution in [-0.4, -0.2) is 17.4 Å². The van der Waals surface area contributed by atoms with Crippen molar-refractivity contribution in [3.8, 4) is 0 Å². The van der Waals surface area contributed by atoms with Gasteiger partial charge in [0.1, 0.15) is 0 Å². The van der Waals surface area contributed by atoms with Crippen LogP contribution in [0.15, 0.2) is 65.5 Å². The number of rotatable bonds is 4. The lowest BCUT2D eigenvalue weighted by Crippen LogP contribution is -2.38. The fourth-order valence-corrected chi connectivity index (χ4v) is 5.71.